The van der Waals surface area contributed by atoms with E-state index in [9.17, 15) is 4.79 Å². The first-order valence-electron chi connectivity index (χ1n) is 6.81. The molecule has 0 spiro atoms. The van der Waals surface area contributed by atoms with Crippen molar-refractivity contribution in [1.29, 1.82) is 0 Å². The summed E-state index contributed by atoms with van der Waals surface area (Å²) in [6, 6.07) is 0.585. The Hall–Kier alpha value is -0.610. The number of hydrogen-bond acceptors (Lipinski definition) is 4. The fourth-order valence-corrected chi connectivity index (χ4v) is 3.32. The molecule has 0 aromatic rings. The fraction of sp³-hybridized carbons (Fsp3) is 0.923. The molecule has 0 aromatic carbocycles. The lowest BCUT2D eigenvalue weighted by molar-refractivity contribution is -0.142. The molecule has 4 heteroatoms. The van der Waals surface area contributed by atoms with Crippen molar-refractivity contribution in [2.75, 3.05) is 26.7 Å². The number of carbonyl (C=O) groups excluding carboxylic acids is 1. The van der Waals surface area contributed by atoms with E-state index in [0.29, 0.717) is 12.0 Å². The number of rotatable bonds is 3. The second-order valence-electron chi connectivity index (χ2n) is 5.17. The molecular weight excluding hydrogens is 216 g/mol. The molecule has 3 unspecified atom stereocenters. The predicted octanol–water partition coefficient (Wildman–Crippen LogP) is 1.01. The number of esters is 1. The summed E-state index contributed by atoms with van der Waals surface area (Å²) in [5.41, 5.74) is 0. The van der Waals surface area contributed by atoms with Crippen molar-refractivity contribution in [3.05, 3.63) is 0 Å². The molecule has 2 heterocycles. The van der Waals surface area contributed by atoms with Crippen molar-refractivity contribution >= 4 is 5.97 Å². The molecule has 2 aliphatic rings. The Balaban J connectivity index is 1.92. The third-order valence-corrected chi connectivity index (χ3v) is 4.27. The molecule has 0 aliphatic carbocycles. The predicted molar refractivity (Wildman–Crippen MR) is 66.8 cm³/mol. The Labute approximate surface area is 104 Å². The highest BCUT2D eigenvalue weighted by Crippen LogP contribution is 2.28. The summed E-state index contributed by atoms with van der Waals surface area (Å²) in [5.74, 6) is 0.505. The summed E-state index contributed by atoms with van der Waals surface area (Å²) in [6.07, 6.45) is 4.88. The number of methoxy groups -OCH3 is 1. The third kappa shape index (κ3) is 2.80. The van der Waals surface area contributed by atoms with Crippen molar-refractivity contribution in [1.82, 2.24) is 10.2 Å². The van der Waals surface area contributed by atoms with Gasteiger partial charge in [0, 0.05) is 12.6 Å². The highest BCUT2D eigenvalue weighted by atomic mass is 16.5. The van der Waals surface area contributed by atoms with Crippen LogP contribution in [0, 0.1) is 5.92 Å². The number of nitrogens with one attached hydrogen (secondary N) is 1. The van der Waals surface area contributed by atoms with Crippen LogP contribution in [0.2, 0.25) is 0 Å². The second kappa shape index (κ2) is 5.83. The summed E-state index contributed by atoms with van der Waals surface area (Å²) in [4.78, 5) is 14.1. The smallest absolute Gasteiger partial charge is 0.322 e. The zero-order chi connectivity index (χ0) is 12.3. The first-order chi connectivity index (χ1) is 8.26. The number of nitrogens with zero attached hydrogens (tertiary/aromatic N) is 1. The molecule has 0 amide bonds. The van der Waals surface area contributed by atoms with E-state index < -0.39 is 0 Å². The molecule has 98 valence electrons. The summed E-state index contributed by atoms with van der Waals surface area (Å²) in [5, 5.41) is 3.30. The Morgan fingerprint density at radius 3 is 3.00 bits per heavy atom. The summed E-state index contributed by atoms with van der Waals surface area (Å²) >= 11 is 0. The molecule has 2 aliphatic heterocycles. The number of carbonyl (C=O) groups is 1. The van der Waals surface area contributed by atoms with Gasteiger partial charge >= 0.3 is 5.97 Å². The van der Waals surface area contributed by atoms with Crippen molar-refractivity contribution in [2.45, 2.75) is 44.7 Å². The highest BCUT2D eigenvalue weighted by Gasteiger charge is 2.37. The second-order valence-corrected chi connectivity index (χ2v) is 5.17. The van der Waals surface area contributed by atoms with Gasteiger partial charge in [0.25, 0.3) is 0 Å². The van der Waals surface area contributed by atoms with Crippen molar-refractivity contribution in [3.63, 3.8) is 0 Å². The zero-order valence-corrected chi connectivity index (χ0v) is 10.9. The van der Waals surface area contributed by atoms with Crippen LogP contribution >= 0.6 is 0 Å². The monoisotopic (exact) mass is 240 g/mol. The molecule has 0 saturated carbocycles. The van der Waals surface area contributed by atoms with Crippen LogP contribution < -0.4 is 5.32 Å². The number of hydrogen-bond donors (Lipinski definition) is 1. The van der Waals surface area contributed by atoms with E-state index in [4.69, 9.17) is 4.74 Å². The van der Waals surface area contributed by atoms with Gasteiger partial charge in [-0.2, -0.15) is 0 Å². The maximum absolute atomic E-state index is 11.5. The SMILES string of the molecule is CCN1CCCCC1C1CNC(C(=O)OC)C1. The standard InChI is InChI=1S/C13H24N2O2/c1-3-15-7-5-4-6-12(15)10-8-11(14-9-10)13(16)17-2/h10-12,14H,3-9H2,1-2H3. The average Bonchev–Trinajstić information content (AvgIpc) is 2.87. The summed E-state index contributed by atoms with van der Waals surface area (Å²) < 4.78 is 4.81. The average molecular weight is 240 g/mol. The number of likely N-dealkylation sites (tertiary alicyclic amines) is 1. The molecule has 3 atom stereocenters. The maximum atomic E-state index is 11.5. The van der Waals surface area contributed by atoms with E-state index >= 15 is 0 Å². The molecular formula is C13H24N2O2. The lowest BCUT2D eigenvalue weighted by Crippen LogP contribution is -2.44. The molecule has 0 radical (unpaired) electrons. The van der Waals surface area contributed by atoms with Crippen molar-refractivity contribution < 1.29 is 9.53 Å². The molecule has 2 fully saturated rings. The minimum atomic E-state index is -0.105. The molecule has 0 bridgehead atoms. The van der Waals surface area contributed by atoms with Gasteiger partial charge in [-0.3, -0.25) is 4.79 Å². The molecule has 1 N–H and O–H groups in total. The first-order valence-corrected chi connectivity index (χ1v) is 6.81. The molecule has 0 aromatic heterocycles. The fourth-order valence-electron chi connectivity index (χ4n) is 3.32. The van der Waals surface area contributed by atoms with E-state index in [1.807, 2.05) is 0 Å². The quantitative estimate of drug-likeness (QED) is 0.748. The van der Waals surface area contributed by atoms with Gasteiger partial charge in [-0.25, -0.2) is 0 Å². The van der Waals surface area contributed by atoms with Crippen molar-refractivity contribution in [3.8, 4) is 0 Å². The Morgan fingerprint density at radius 2 is 2.29 bits per heavy atom. The van der Waals surface area contributed by atoms with E-state index in [1.165, 1.54) is 32.9 Å². The van der Waals surface area contributed by atoms with Crippen LogP contribution in [0.5, 0.6) is 0 Å². The van der Waals surface area contributed by atoms with Gasteiger partial charge in [-0.05, 0) is 38.3 Å². The minimum Gasteiger partial charge on any atom is -0.468 e. The van der Waals surface area contributed by atoms with Gasteiger partial charge in [0.1, 0.15) is 6.04 Å². The summed E-state index contributed by atoms with van der Waals surface area (Å²) in [6.45, 7) is 5.55. The Morgan fingerprint density at radius 1 is 1.47 bits per heavy atom. The Kier molecular flexibility index (Phi) is 4.40. The van der Waals surface area contributed by atoms with Crippen LogP contribution in [0.15, 0.2) is 0 Å². The highest BCUT2D eigenvalue weighted by molar-refractivity contribution is 5.76. The first kappa shape index (κ1) is 12.8. The molecule has 4 nitrogen and oxygen atoms in total. The van der Waals surface area contributed by atoms with Crippen LogP contribution in [0.3, 0.4) is 0 Å². The van der Waals surface area contributed by atoms with Crippen LogP contribution in [-0.4, -0.2) is 49.7 Å². The number of piperidine rings is 1. The van der Waals surface area contributed by atoms with E-state index in [-0.39, 0.29) is 12.0 Å². The summed E-state index contributed by atoms with van der Waals surface area (Å²) in [7, 11) is 1.47. The van der Waals surface area contributed by atoms with Crippen molar-refractivity contribution in [2.24, 2.45) is 5.92 Å². The van der Waals surface area contributed by atoms with E-state index in [1.54, 1.807) is 0 Å². The van der Waals surface area contributed by atoms with E-state index in [2.05, 4.69) is 17.1 Å². The van der Waals surface area contributed by atoms with Crippen LogP contribution in [0.25, 0.3) is 0 Å². The maximum Gasteiger partial charge on any atom is 0.322 e. The number of ether oxygens (including phenoxy) is 1. The van der Waals surface area contributed by atoms with E-state index in [0.717, 1.165) is 19.5 Å². The van der Waals surface area contributed by atoms with Gasteiger partial charge in [0.15, 0.2) is 0 Å². The van der Waals surface area contributed by atoms with Crippen LogP contribution in [0.1, 0.15) is 32.6 Å². The molecule has 2 rings (SSSR count). The topological polar surface area (TPSA) is 41.6 Å². The molecule has 2 saturated heterocycles. The Bertz CT molecular complexity index is 270. The zero-order valence-electron chi connectivity index (χ0n) is 10.9. The van der Waals surface area contributed by atoms with Gasteiger partial charge in [-0.15, -0.1) is 0 Å². The lowest BCUT2D eigenvalue weighted by Gasteiger charge is -2.38. The van der Waals surface area contributed by atoms with Gasteiger partial charge in [0.05, 0.1) is 7.11 Å². The third-order valence-electron chi connectivity index (χ3n) is 4.27. The normalized spacial score (nSPS) is 34.8. The molecule has 17 heavy (non-hydrogen) atoms. The van der Waals surface area contributed by atoms with Crippen LogP contribution in [0.4, 0.5) is 0 Å². The minimum absolute atomic E-state index is 0.0781. The van der Waals surface area contributed by atoms with Gasteiger partial charge < -0.3 is 15.0 Å². The van der Waals surface area contributed by atoms with Gasteiger partial charge in [-0.1, -0.05) is 13.3 Å². The van der Waals surface area contributed by atoms with Crippen LogP contribution in [-0.2, 0) is 9.53 Å². The van der Waals surface area contributed by atoms with Gasteiger partial charge in [0.2, 0.25) is 0 Å². The largest absolute Gasteiger partial charge is 0.468 e. The lowest BCUT2D eigenvalue weighted by atomic mass is 9.88.